The monoisotopic (exact) mass is 414 g/mol. The highest BCUT2D eigenvalue weighted by atomic mass is 16.5. The third-order valence-electron chi connectivity index (χ3n) is 4.80. The SMILES string of the molecule is Cc1cccc(-c2nnc(COC(=O)/C=C/c3c(C)nn(-c4ccccc4)c3C)o2)c1. The van der Waals surface area contributed by atoms with Crippen molar-refractivity contribution in [3.8, 4) is 17.1 Å². The van der Waals surface area contributed by atoms with Crippen LogP contribution in [0.2, 0.25) is 0 Å². The summed E-state index contributed by atoms with van der Waals surface area (Å²) in [5.41, 5.74) is 5.52. The third-order valence-corrected chi connectivity index (χ3v) is 4.80. The van der Waals surface area contributed by atoms with Crippen LogP contribution in [-0.2, 0) is 16.1 Å². The molecule has 0 aliphatic carbocycles. The topological polar surface area (TPSA) is 83.0 Å². The van der Waals surface area contributed by atoms with Crippen molar-refractivity contribution >= 4 is 12.0 Å². The molecule has 0 amide bonds. The summed E-state index contributed by atoms with van der Waals surface area (Å²) in [6, 6.07) is 17.6. The van der Waals surface area contributed by atoms with E-state index in [9.17, 15) is 4.79 Å². The molecule has 4 aromatic rings. The van der Waals surface area contributed by atoms with Crippen LogP contribution in [0.5, 0.6) is 0 Å². The van der Waals surface area contributed by atoms with Gasteiger partial charge in [0, 0.05) is 22.9 Å². The normalized spacial score (nSPS) is 11.2. The fraction of sp³-hybridized carbons (Fsp3) is 0.167. The third kappa shape index (κ3) is 4.61. The molecule has 0 N–H and O–H groups in total. The Bertz CT molecular complexity index is 1240. The highest BCUT2D eigenvalue weighted by Gasteiger charge is 2.12. The lowest BCUT2D eigenvalue weighted by Crippen LogP contribution is -2.01. The van der Waals surface area contributed by atoms with Gasteiger partial charge >= 0.3 is 5.97 Å². The quantitative estimate of drug-likeness (QED) is 0.339. The standard InChI is InChI=1S/C24H22N4O3/c1-16-8-7-9-19(14-16)24-26-25-22(31-24)15-30-23(29)13-12-21-17(2)27-28(18(21)3)20-10-5-4-6-11-20/h4-14H,15H2,1-3H3/b13-12+. The van der Waals surface area contributed by atoms with Crippen molar-refractivity contribution < 1.29 is 13.9 Å². The Labute approximate surface area is 180 Å². The summed E-state index contributed by atoms with van der Waals surface area (Å²) >= 11 is 0. The van der Waals surface area contributed by atoms with E-state index in [4.69, 9.17) is 9.15 Å². The second kappa shape index (κ2) is 8.79. The molecule has 0 spiro atoms. The van der Waals surface area contributed by atoms with E-state index in [1.54, 1.807) is 6.08 Å². The minimum absolute atomic E-state index is 0.0940. The summed E-state index contributed by atoms with van der Waals surface area (Å²) in [4.78, 5) is 12.2. The maximum absolute atomic E-state index is 12.2. The lowest BCUT2D eigenvalue weighted by molar-refractivity contribution is -0.139. The molecule has 2 heterocycles. The lowest BCUT2D eigenvalue weighted by Gasteiger charge is -2.03. The first-order valence-electron chi connectivity index (χ1n) is 9.87. The fourth-order valence-corrected chi connectivity index (χ4v) is 3.26. The largest absolute Gasteiger partial charge is 0.452 e. The molecule has 0 saturated heterocycles. The predicted octanol–water partition coefficient (Wildman–Crippen LogP) is 4.60. The molecule has 0 bridgehead atoms. The Kier molecular flexibility index (Phi) is 5.75. The van der Waals surface area contributed by atoms with E-state index in [2.05, 4.69) is 15.3 Å². The van der Waals surface area contributed by atoms with Crippen LogP contribution >= 0.6 is 0 Å². The van der Waals surface area contributed by atoms with Gasteiger partial charge in [0.25, 0.3) is 5.89 Å². The molecule has 7 nitrogen and oxygen atoms in total. The summed E-state index contributed by atoms with van der Waals surface area (Å²) in [5.74, 6) is 0.133. The lowest BCUT2D eigenvalue weighted by atomic mass is 10.1. The molecule has 0 saturated carbocycles. The summed E-state index contributed by atoms with van der Waals surface area (Å²) < 4.78 is 12.7. The molecule has 0 radical (unpaired) electrons. The second-order valence-electron chi connectivity index (χ2n) is 7.14. The number of rotatable bonds is 6. The number of carbonyl (C=O) groups excluding carboxylic acids is 1. The molecule has 0 unspecified atom stereocenters. The van der Waals surface area contributed by atoms with Crippen molar-refractivity contribution in [2.75, 3.05) is 0 Å². The Morgan fingerprint density at radius 1 is 1.06 bits per heavy atom. The van der Waals surface area contributed by atoms with Crippen LogP contribution in [0, 0.1) is 20.8 Å². The van der Waals surface area contributed by atoms with Crippen LogP contribution in [0.15, 0.2) is 65.1 Å². The first kappa shape index (κ1) is 20.3. The number of hydrogen-bond acceptors (Lipinski definition) is 6. The van der Waals surface area contributed by atoms with Gasteiger partial charge in [0.05, 0.1) is 11.4 Å². The van der Waals surface area contributed by atoms with E-state index in [-0.39, 0.29) is 12.5 Å². The number of aryl methyl sites for hydroxylation is 2. The number of nitrogens with zero attached hydrogens (tertiary/aromatic N) is 4. The number of para-hydroxylation sites is 1. The van der Waals surface area contributed by atoms with Gasteiger partial charge in [-0.05, 0) is 51.1 Å². The summed E-state index contributed by atoms with van der Waals surface area (Å²) in [7, 11) is 0. The molecular weight excluding hydrogens is 392 g/mol. The maximum atomic E-state index is 12.2. The van der Waals surface area contributed by atoms with Gasteiger partial charge in [-0.2, -0.15) is 5.10 Å². The van der Waals surface area contributed by atoms with Crippen LogP contribution in [0.4, 0.5) is 0 Å². The number of ether oxygens (including phenoxy) is 1. The Balaban J connectivity index is 1.40. The molecule has 0 atom stereocenters. The average molecular weight is 414 g/mol. The van der Waals surface area contributed by atoms with Crippen LogP contribution in [0.25, 0.3) is 23.2 Å². The van der Waals surface area contributed by atoms with Gasteiger partial charge in [0.2, 0.25) is 5.89 Å². The van der Waals surface area contributed by atoms with Crippen molar-refractivity contribution in [3.05, 3.63) is 89.1 Å². The number of hydrogen-bond donors (Lipinski definition) is 0. The van der Waals surface area contributed by atoms with Gasteiger partial charge < -0.3 is 9.15 Å². The summed E-state index contributed by atoms with van der Waals surface area (Å²) in [6.07, 6.45) is 3.09. The molecular formula is C24H22N4O3. The molecule has 156 valence electrons. The van der Waals surface area contributed by atoms with E-state index in [1.165, 1.54) is 6.08 Å². The molecule has 4 rings (SSSR count). The van der Waals surface area contributed by atoms with Gasteiger partial charge in [0.15, 0.2) is 6.61 Å². The molecule has 0 aliphatic rings. The minimum atomic E-state index is -0.499. The zero-order valence-electron chi connectivity index (χ0n) is 17.6. The van der Waals surface area contributed by atoms with E-state index in [0.717, 1.165) is 33.8 Å². The summed E-state index contributed by atoms with van der Waals surface area (Å²) in [6.45, 7) is 5.76. The van der Waals surface area contributed by atoms with Crippen molar-refractivity contribution in [2.45, 2.75) is 27.4 Å². The van der Waals surface area contributed by atoms with Gasteiger partial charge in [-0.1, -0.05) is 35.9 Å². The molecule has 0 aliphatic heterocycles. The van der Waals surface area contributed by atoms with Crippen molar-refractivity contribution in [2.24, 2.45) is 0 Å². The predicted molar refractivity (Wildman–Crippen MR) is 116 cm³/mol. The number of benzene rings is 2. The molecule has 2 aromatic heterocycles. The number of carbonyl (C=O) groups is 1. The van der Waals surface area contributed by atoms with Crippen LogP contribution in [0.1, 0.15) is 28.4 Å². The van der Waals surface area contributed by atoms with Crippen molar-refractivity contribution in [1.29, 1.82) is 0 Å². The molecule has 31 heavy (non-hydrogen) atoms. The Morgan fingerprint density at radius 3 is 2.65 bits per heavy atom. The van der Waals surface area contributed by atoms with Crippen molar-refractivity contribution in [1.82, 2.24) is 20.0 Å². The van der Waals surface area contributed by atoms with Gasteiger partial charge in [0.1, 0.15) is 0 Å². The van der Waals surface area contributed by atoms with Crippen LogP contribution in [0.3, 0.4) is 0 Å². The minimum Gasteiger partial charge on any atom is -0.452 e. The zero-order valence-corrected chi connectivity index (χ0v) is 17.6. The number of aromatic nitrogens is 4. The Hall–Kier alpha value is -4.00. The van der Waals surface area contributed by atoms with E-state index in [1.807, 2.05) is 80.1 Å². The highest BCUT2D eigenvalue weighted by molar-refractivity contribution is 5.87. The van der Waals surface area contributed by atoms with Gasteiger partial charge in [-0.15, -0.1) is 10.2 Å². The first-order chi connectivity index (χ1) is 15.0. The maximum Gasteiger partial charge on any atom is 0.331 e. The zero-order chi connectivity index (χ0) is 21.8. The second-order valence-corrected chi connectivity index (χ2v) is 7.14. The fourth-order valence-electron chi connectivity index (χ4n) is 3.26. The summed E-state index contributed by atoms with van der Waals surface area (Å²) in [5, 5.41) is 12.5. The highest BCUT2D eigenvalue weighted by Crippen LogP contribution is 2.20. The smallest absolute Gasteiger partial charge is 0.331 e. The van der Waals surface area contributed by atoms with E-state index >= 15 is 0 Å². The first-order valence-corrected chi connectivity index (χ1v) is 9.87. The van der Waals surface area contributed by atoms with E-state index < -0.39 is 5.97 Å². The van der Waals surface area contributed by atoms with Crippen LogP contribution < -0.4 is 0 Å². The van der Waals surface area contributed by atoms with E-state index in [0.29, 0.717) is 5.89 Å². The van der Waals surface area contributed by atoms with Crippen molar-refractivity contribution in [3.63, 3.8) is 0 Å². The molecule has 7 heteroatoms. The van der Waals surface area contributed by atoms with Gasteiger partial charge in [-0.25, -0.2) is 9.48 Å². The van der Waals surface area contributed by atoms with Crippen LogP contribution in [-0.4, -0.2) is 25.9 Å². The van der Waals surface area contributed by atoms with Gasteiger partial charge in [-0.3, -0.25) is 0 Å². The molecule has 2 aromatic carbocycles. The Morgan fingerprint density at radius 2 is 1.87 bits per heavy atom. The molecule has 0 fully saturated rings. The number of esters is 1. The average Bonchev–Trinajstić information content (AvgIpc) is 3.36.